The van der Waals surface area contributed by atoms with Gasteiger partial charge < -0.3 is 10.2 Å². The molecule has 1 unspecified atom stereocenters. The lowest BCUT2D eigenvalue weighted by molar-refractivity contribution is -0.132. The third kappa shape index (κ3) is 4.12. The Morgan fingerprint density at radius 1 is 1.44 bits per heavy atom. The van der Waals surface area contributed by atoms with Crippen molar-refractivity contribution in [3.05, 3.63) is 0 Å². The first-order valence-electron chi connectivity index (χ1n) is 6.61. The monoisotopic (exact) mass is 226 g/mol. The molecule has 1 aliphatic heterocycles. The van der Waals surface area contributed by atoms with Crippen LogP contribution in [0.15, 0.2) is 0 Å². The minimum absolute atomic E-state index is 0.313. The molecule has 0 spiro atoms. The van der Waals surface area contributed by atoms with Crippen LogP contribution in [0.4, 0.5) is 0 Å². The van der Waals surface area contributed by atoms with Crippen LogP contribution in [-0.4, -0.2) is 37.0 Å². The fourth-order valence-electron chi connectivity index (χ4n) is 2.19. The Hall–Kier alpha value is -0.570. The number of rotatable bonds is 5. The highest BCUT2D eigenvalue weighted by atomic mass is 16.2. The van der Waals surface area contributed by atoms with Crippen molar-refractivity contribution >= 4 is 5.91 Å². The van der Waals surface area contributed by atoms with E-state index >= 15 is 0 Å². The average molecular weight is 226 g/mol. The summed E-state index contributed by atoms with van der Waals surface area (Å²) in [6, 6.07) is 0.375. The Morgan fingerprint density at radius 2 is 2.06 bits per heavy atom. The molecule has 1 rings (SSSR count). The Bertz CT molecular complexity index is 212. The molecule has 0 saturated carbocycles. The van der Waals surface area contributed by atoms with E-state index in [0.717, 1.165) is 38.3 Å². The minimum atomic E-state index is 0.313. The third-order valence-corrected chi connectivity index (χ3v) is 3.87. The summed E-state index contributed by atoms with van der Waals surface area (Å²) < 4.78 is 0. The van der Waals surface area contributed by atoms with Crippen molar-refractivity contribution < 1.29 is 4.79 Å². The summed E-state index contributed by atoms with van der Waals surface area (Å²) >= 11 is 0. The minimum Gasteiger partial charge on any atom is -0.343 e. The van der Waals surface area contributed by atoms with Gasteiger partial charge in [0.2, 0.25) is 5.91 Å². The molecule has 3 nitrogen and oxygen atoms in total. The van der Waals surface area contributed by atoms with Crippen molar-refractivity contribution in [2.24, 2.45) is 5.92 Å². The number of nitrogens with zero attached hydrogens (tertiary/aromatic N) is 1. The molecule has 1 aliphatic rings. The van der Waals surface area contributed by atoms with Crippen molar-refractivity contribution in [2.45, 2.75) is 52.0 Å². The number of amides is 1. The number of carbonyl (C=O) groups is 1. The van der Waals surface area contributed by atoms with Gasteiger partial charge in [-0.25, -0.2) is 0 Å². The van der Waals surface area contributed by atoms with E-state index < -0.39 is 0 Å². The Morgan fingerprint density at radius 3 is 2.62 bits per heavy atom. The molecular formula is C13H26N2O. The number of piperidine rings is 1. The highest BCUT2D eigenvalue weighted by molar-refractivity contribution is 5.76. The predicted octanol–water partition coefficient (Wildman–Crippen LogP) is 2.02. The zero-order chi connectivity index (χ0) is 12.0. The Kier molecular flexibility index (Phi) is 5.81. The van der Waals surface area contributed by atoms with Crippen molar-refractivity contribution in [2.75, 3.05) is 20.1 Å². The number of carbonyl (C=O) groups excluding carboxylic acids is 1. The smallest absolute Gasteiger partial charge is 0.222 e. The molecule has 1 N–H and O–H groups in total. The van der Waals surface area contributed by atoms with E-state index in [2.05, 4.69) is 19.2 Å². The normalized spacial score (nSPS) is 19.4. The molecular weight excluding hydrogens is 200 g/mol. The van der Waals surface area contributed by atoms with Gasteiger partial charge in [0, 0.05) is 19.5 Å². The highest BCUT2D eigenvalue weighted by Gasteiger charge is 2.18. The molecule has 1 amide bonds. The predicted molar refractivity (Wildman–Crippen MR) is 67.4 cm³/mol. The van der Waals surface area contributed by atoms with E-state index in [4.69, 9.17) is 0 Å². The molecule has 0 aromatic rings. The lowest BCUT2D eigenvalue weighted by Gasteiger charge is -2.26. The van der Waals surface area contributed by atoms with Crippen LogP contribution in [0.25, 0.3) is 0 Å². The van der Waals surface area contributed by atoms with E-state index in [1.54, 1.807) is 0 Å². The van der Waals surface area contributed by atoms with Crippen LogP contribution < -0.4 is 5.32 Å². The van der Waals surface area contributed by atoms with Gasteiger partial charge in [0.05, 0.1) is 0 Å². The summed E-state index contributed by atoms with van der Waals surface area (Å²) in [5, 5.41) is 3.36. The van der Waals surface area contributed by atoms with Crippen LogP contribution in [0.1, 0.15) is 46.0 Å². The van der Waals surface area contributed by atoms with Gasteiger partial charge in [-0.05, 0) is 51.6 Å². The van der Waals surface area contributed by atoms with E-state index in [-0.39, 0.29) is 0 Å². The maximum atomic E-state index is 11.9. The summed E-state index contributed by atoms with van der Waals surface area (Å²) in [5.41, 5.74) is 0. The average Bonchev–Trinajstić information content (AvgIpc) is 2.35. The molecule has 0 aromatic carbocycles. The number of hydrogen-bond acceptors (Lipinski definition) is 2. The van der Waals surface area contributed by atoms with Gasteiger partial charge in [-0.3, -0.25) is 4.79 Å². The van der Waals surface area contributed by atoms with E-state index in [9.17, 15) is 4.79 Å². The number of nitrogens with one attached hydrogen (secondary N) is 1. The molecule has 1 heterocycles. The zero-order valence-corrected chi connectivity index (χ0v) is 11.0. The molecule has 1 saturated heterocycles. The summed E-state index contributed by atoms with van der Waals surface area (Å²) in [5.74, 6) is 1.07. The largest absolute Gasteiger partial charge is 0.343 e. The summed E-state index contributed by atoms with van der Waals surface area (Å²) in [6.45, 7) is 6.49. The second-order valence-corrected chi connectivity index (χ2v) is 4.99. The fourth-order valence-corrected chi connectivity index (χ4v) is 2.19. The van der Waals surface area contributed by atoms with Crippen LogP contribution in [-0.2, 0) is 4.79 Å². The maximum absolute atomic E-state index is 11.9. The standard InChI is InChI=1S/C13H26N2O/c1-4-11(2)15(3)13(16)6-5-12-7-9-14-10-8-12/h11-12,14H,4-10H2,1-3H3. The lowest BCUT2D eigenvalue weighted by Crippen LogP contribution is -2.35. The van der Waals surface area contributed by atoms with Gasteiger partial charge >= 0.3 is 0 Å². The van der Waals surface area contributed by atoms with Gasteiger partial charge in [0.25, 0.3) is 0 Å². The van der Waals surface area contributed by atoms with Gasteiger partial charge in [-0.1, -0.05) is 6.92 Å². The topological polar surface area (TPSA) is 32.3 Å². The van der Waals surface area contributed by atoms with Crippen LogP contribution in [0.2, 0.25) is 0 Å². The summed E-state index contributed by atoms with van der Waals surface area (Å²) in [4.78, 5) is 13.8. The van der Waals surface area contributed by atoms with Crippen molar-refractivity contribution in [3.63, 3.8) is 0 Å². The highest BCUT2D eigenvalue weighted by Crippen LogP contribution is 2.18. The van der Waals surface area contributed by atoms with Crippen molar-refractivity contribution in [3.8, 4) is 0 Å². The van der Waals surface area contributed by atoms with E-state index in [1.807, 2.05) is 11.9 Å². The van der Waals surface area contributed by atoms with Crippen LogP contribution in [0.3, 0.4) is 0 Å². The Balaban J connectivity index is 2.23. The first-order valence-corrected chi connectivity index (χ1v) is 6.61. The van der Waals surface area contributed by atoms with Gasteiger partial charge in [-0.15, -0.1) is 0 Å². The SMILES string of the molecule is CCC(C)N(C)C(=O)CCC1CCNCC1. The second kappa shape index (κ2) is 6.89. The fraction of sp³-hybridized carbons (Fsp3) is 0.923. The van der Waals surface area contributed by atoms with Crippen LogP contribution in [0.5, 0.6) is 0 Å². The molecule has 1 fully saturated rings. The molecule has 0 radical (unpaired) electrons. The molecule has 1 atom stereocenters. The van der Waals surface area contributed by atoms with Gasteiger partial charge in [-0.2, -0.15) is 0 Å². The van der Waals surface area contributed by atoms with Gasteiger partial charge in [0.1, 0.15) is 0 Å². The quantitative estimate of drug-likeness (QED) is 0.778. The molecule has 94 valence electrons. The zero-order valence-electron chi connectivity index (χ0n) is 11.0. The van der Waals surface area contributed by atoms with E-state index in [0.29, 0.717) is 11.9 Å². The molecule has 0 aliphatic carbocycles. The maximum Gasteiger partial charge on any atom is 0.222 e. The number of hydrogen-bond donors (Lipinski definition) is 1. The van der Waals surface area contributed by atoms with Crippen molar-refractivity contribution in [1.29, 1.82) is 0 Å². The van der Waals surface area contributed by atoms with Crippen LogP contribution in [0, 0.1) is 5.92 Å². The first kappa shape index (κ1) is 13.5. The lowest BCUT2D eigenvalue weighted by atomic mass is 9.93. The summed E-state index contributed by atoms with van der Waals surface area (Å²) in [7, 11) is 1.93. The molecule has 0 aromatic heterocycles. The van der Waals surface area contributed by atoms with Gasteiger partial charge in [0.15, 0.2) is 0 Å². The third-order valence-electron chi connectivity index (χ3n) is 3.87. The van der Waals surface area contributed by atoms with E-state index in [1.165, 1.54) is 12.8 Å². The van der Waals surface area contributed by atoms with Crippen molar-refractivity contribution in [1.82, 2.24) is 10.2 Å². The Labute approximate surface area is 99.6 Å². The molecule has 3 heteroatoms. The van der Waals surface area contributed by atoms with Crippen LogP contribution >= 0.6 is 0 Å². The molecule has 16 heavy (non-hydrogen) atoms. The second-order valence-electron chi connectivity index (χ2n) is 4.99. The summed E-state index contributed by atoms with van der Waals surface area (Å²) in [6.07, 6.45) is 5.31. The first-order chi connectivity index (χ1) is 7.65. The molecule has 0 bridgehead atoms.